The van der Waals surface area contributed by atoms with Crippen LogP contribution in [-0.4, -0.2) is 40.3 Å². The molecule has 5 nitrogen and oxygen atoms in total. The van der Waals surface area contributed by atoms with Crippen molar-refractivity contribution in [1.82, 2.24) is 0 Å². The van der Waals surface area contributed by atoms with Gasteiger partial charge in [0.15, 0.2) is 0 Å². The lowest BCUT2D eigenvalue weighted by atomic mass is 9.43. The first kappa shape index (κ1) is 20.0. The third-order valence-electron chi connectivity index (χ3n) is 10.3. The van der Waals surface area contributed by atoms with E-state index in [9.17, 15) is 19.8 Å². The summed E-state index contributed by atoms with van der Waals surface area (Å²) in [6.45, 7) is 6.67. The van der Waals surface area contributed by atoms with Crippen LogP contribution in [0.2, 0.25) is 0 Å². The normalized spacial score (nSPS) is 57.1. The molecule has 0 aromatic rings. The Labute approximate surface area is 173 Å². The second-order valence-electron chi connectivity index (χ2n) is 11.5. The Morgan fingerprint density at radius 3 is 2.55 bits per heavy atom. The molecule has 0 amide bonds. The van der Waals surface area contributed by atoms with Gasteiger partial charge in [0.1, 0.15) is 11.9 Å². The van der Waals surface area contributed by atoms with Crippen LogP contribution in [0.3, 0.4) is 0 Å². The summed E-state index contributed by atoms with van der Waals surface area (Å²) in [7, 11) is 0. The van der Waals surface area contributed by atoms with Gasteiger partial charge in [0, 0.05) is 30.1 Å². The van der Waals surface area contributed by atoms with Gasteiger partial charge >= 0.3 is 5.97 Å². The Morgan fingerprint density at radius 2 is 1.79 bits per heavy atom. The van der Waals surface area contributed by atoms with E-state index in [1.54, 1.807) is 0 Å². The number of carbonyl (C=O) groups is 2. The summed E-state index contributed by atoms with van der Waals surface area (Å²) >= 11 is 0. The zero-order chi connectivity index (χ0) is 20.7. The minimum Gasteiger partial charge on any atom is -0.462 e. The van der Waals surface area contributed by atoms with Crippen LogP contribution >= 0.6 is 0 Å². The largest absolute Gasteiger partial charge is 0.462 e. The number of ether oxygens (including phenoxy) is 1. The molecule has 1 aliphatic heterocycles. The molecule has 0 aromatic heterocycles. The molecule has 4 aliphatic carbocycles. The van der Waals surface area contributed by atoms with Crippen molar-refractivity contribution in [2.45, 2.75) is 90.4 Å². The quantitative estimate of drug-likeness (QED) is 0.606. The van der Waals surface area contributed by atoms with Gasteiger partial charge in [-0.2, -0.15) is 0 Å². The van der Waals surface area contributed by atoms with Crippen LogP contribution in [0.4, 0.5) is 0 Å². The fourth-order valence-corrected chi connectivity index (χ4v) is 8.79. The van der Waals surface area contributed by atoms with Crippen LogP contribution < -0.4 is 0 Å². The van der Waals surface area contributed by atoms with Gasteiger partial charge in [-0.25, -0.2) is 0 Å². The Morgan fingerprint density at radius 1 is 1.03 bits per heavy atom. The Kier molecular flexibility index (Phi) is 4.50. The molecule has 0 aromatic carbocycles. The summed E-state index contributed by atoms with van der Waals surface area (Å²) in [6, 6.07) is 0. The highest BCUT2D eigenvalue weighted by Crippen LogP contribution is 2.68. The maximum Gasteiger partial charge on any atom is 0.306 e. The molecular weight excluding hydrogens is 368 g/mol. The first-order valence-corrected chi connectivity index (χ1v) is 11.7. The second kappa shape index (κ2) is 6.53. The van der Waals surface area contributed by atoms with Gasteiger partial charge in [0.25, 0.3) is 0 Å². The predicted octanol–water partition coefficient (Wildman–Crippen LogP) is 3.11. The number of esters is 1. The van der Waals surface area contributed by atoms with Crippen LogP contribution in [-0.2, 0) is 14.3 Å². The molecule has 11 atom stereocenters. The van der Waals surface area contributed by atoms with Gasteiger partial charge in [-0.3, -0.25) is 9.59 Å². The zero-order valence-electron chi connectivity index (χ0n) is 18.0. The Hall–Kier alpha value is -0.940. The Bertz CT molecular complexity index is 720. The smallest absolute Gasteiger partial charge is 0.306 e. The van der Waals surface area contributed by atoms with Gasteiger partial charge in [-0.05, 0) is 67.6 Å². The predicted molar refractivity (Wildman–Crippen MR) is 107 cm³/mol. The van der Waals surface area contributed by atoms with E-state index >= 15 is 0 Å². The van der Waals surface area contributed by atoms with Gasteiger partial charge in [-0.1, -0.05) is 20.8 Å². The minimum atomic E-state index is -0.474. The number of ketones is 1. The number of Topliss-reactive ketones (excluding diaryl/α,β-unsaturated/α-hetero) is 1. The van der Waals surface area contributed by atoms with Crippen molar-refractivity contribution in [1.29, 1.82) is 0 Å². The standard InChI is InChI=1S/C24H36O5/c1-12-4-5-20(28)29-18-10-16-21-15(11-19(27)24(16,3)22(12)18)23(2)7-6-14(25)8-13(23)9-17(21)26/h12-16,18-19,21-22,25,27H,4-11H2,1-3H3/t12-,13+,14-,15+,16+,18-,19+,21-,22+,23+,24-/m1/s1. The van der Waals surface area contributed by atoms with Crippen molar-refractivity contribution in [2.24, 2.45) is 46.3 Å². The van der Waals surface area contributed by atoms with Crippen LogP contribution in [0, 0.1) is 46.3 Å². The number of carbonyl (C=O) groups excluding carboxylic acids is 2. The van der Waals surface area contributed by atoms with Crippen LogP contribution in [0.1, 0.15) is 72.1 Å². The lowest BCUT2D eigenvalue weighted by molar-refractivity contribution is -0.183. The lowest BCUT2D eigenvalue weighted by Crippen LogP contribution is -2.61. The number of hydrogen-bond acceptors (Lipinski definition) is 5. The highest BCUT2D eigenvalue weighted by atomic mass is 16.5. The summed E-state index contributed by atoms with van der Waals surface area (Å²) in [4.78, 5) is 25.7. The molecule has 162 valence electrons. The molecular formula is C24H36O5. The number of fused-ring (bicyclic) bond motifs is 7. The molecule has 0 unspecified atom stereocenters. The molecule has 5 rings (SSSR count). The SMILES string of the molecule is C[C@@H]1CCC(=O)O[C@@H]2C[C@H]3[C@@H]4C(=O)C[C@@H]5C[C@H](O)CC[C@]5(C)[C@H]4C[C@H](O)[C@]3(C)[C@@H]12. The molecule has 1 heterocycles. The molecule has 0 radical (unpaired) electrons. The van der Waals surface area contributed by atoms with Crippen LogP contribution in [0.5, 0.6) is 0 Å². The van der Waals surface area contributed by atoms with E-state index in [-0.39, 0.29) is 58.6 Å². The number of aliphatic hydroxyl groups excluding tert-OH is 2. The van der Waals surface area contributed by atoms with E-state index in [0.717, 1.165) is 19.3 Å². The minimum absolute atomic E-state index is 0.00700. The highest BCUT2D eigenvalue weighted by molar-refractivity contribution is 5.83. The molecule has 5 heteroatoms. The van der Waals surface area contributed by atoms with Crippen molar-refractivity contribution >= 4 is 11.8 Å². The molecule has 5 fully saturated rings. The molecule has 1 saturated heterocycles. The third kappa shape index (κ3) is 2.65. The molecule has 4 saturated carbocycles. The van der Waals surface area contributed by atoms with Crippen molar-refractivity contribution in [3.63, 3.8) is 0 Å². The number of rotatable bonds is 0. The van der Waals surface area contributed by atoms with E-state index in [1.165, 1.54) is 0 Å². The Balaban J connectivity index is 1.54. The third-order valence-corrected chi connectivity index (χ3v) is 10.3. The van der Waals surface area contributed by atoms with Crippen molar-refractivity contribution in [3.05, 3.63) is 0 Å². The fraction of sp³-hybridized carbons (Fsp3) is 0.917. The molecule has 29 heavy (non-hydrogen) atoms. The maximum absolute atomic E-state index is 13.5. The maximum atomic E-state index is 13.5. The van der Waals surface area contributed by atoms with Crippen molar-refractivity contribution < 1.29 is 24.5 Å². The first-order valence-electron chi connectivity index (χ1n) is 11.7. The van der Waals surface area contributed by atoms with E-state index in [2.05, 4.69) is 20.8 Å². The number of aliphatic hydroxyl groups is 2. The molecule has 2 N–H and O–H groups in total. The van der Waals surface area contributed by atoms with Gasteiger partial charge in [0.2, 0.25) is 0 Å². The molecule has 0 bridgehead atoms. The lowest BCUT2D eigenvalue weighted by Gasteiger charge is -2.61. The average Bonchev–Trinajstić information content (AvgIpc) is 2.86. The van der Waals surface area contributed by atoms with E-state index in [0.29, 0.717) is 43.8 Å². The topological polar surface area (TPSA) is 83.8 Å². The average molecular weight is 405 g/mol. The summed E-state index contributed by atoms with van der Waals surface area (Å²) in [5.74, 6) is 1.06. The van der Waals surface area contributed by atoms with Crippen LogP contribution in [0.15, 0.2) is 0 Å². The fourth-order valence-electron chi connectivity index (χ4n) is 8.79. The summed E-state index contributed by atoms with van der Waals surface area (Å²) in [5.41, 5.74) is -0.365. The monoisotopic (exact) mass is 404 g/mol. The molecule has 0 spiro atoms. The highest BCUT2D eigenvalue weighted by Gasteiger charge is 2.68. The second-order valence-corrected chi connectivity index (χ2v) is 11.5. The van der Waals surface area contributed by atoms with E-state index in [4.69, 9.17) is 4.74 Å². The van der Waals surface area contributed by atoms with Crippen molar-refractivity contribution in [3.8, 4) is 0 Å². The van der Waals surface area contributed by atoms with E-state index in [1.807, 2.05) is 0 Å². The summed E-state index contributed by atoms with van der Waals surface area (Å²) < 4.78 is 5.88. The van der Waals surface area contributed by atoms with Crippen LogP contribution in [0.25, 0.3) is 0 Å². The van der Waals surface area contributed by atoms with Gasteiger partial charge in [0.05, 0.1) is 12.2 Å². The summed E-state index contributed by atoms with van der Waals surface area (Å²) in [5, 5.41) is 21.7. The number of hydrogen-bond donors (Lipinski definition) is 2. The van der Waals surface area contributed by atoms with Gasteiger partial charge in [-0.15, -0.1) is 0 Å². The van der Waals surface area contributed by atoms with Gasteiger partial charge < -0.3 is 14.9 Å². The first-order chi connectivity index (χ1) is 13.7. The molecule has 5 aliphatic rings. The summed E-state index contributed by atoms with van der Waals surface area (Å²) in [6.07, 6.45) is 4.69. The zero-order valence-corrected chi connectivity index (χ0v) is 18.0. The van der Waals surface area contributed by atoms with Crippen molar-refractivity contribution in [2.75, 3.05) is 0 Å². The van der Waals surface area contributed by atoms with E-state index < -0.39 is 6.10 Å².